The molecule has 1 aromatic carbocycles. The molecule has 1 spiro atoms. The van der Waals surface area contributed by atoms with Crippen LogP contribution in [0.15, 0.2) is 24.3 Å². The normalized spacial score (nSPS) is 23.6. The fraction of sp³-hybridized carbons (Fsp3) is 0.571. The fourth-order valence-corrected chi connectivity index (χ4v) is 2.69. The van der Waals surface area contributed by atoms with Gasteiger partial charge in [0, 0.05) is 32.5 Å². The van der Waals surface area contributed by atoms with E-state index in [4.69, 9.17) is 9.47 Å². The van der Waals surface area contributed by atoms with E-state index < -0.39 is 0 Å². The maximum atomic E-state index is 12.8. The largest absolute Gasteiger partial charge is 0.347 e. The van der Waals surface area contributed by atoms with Crippen molar-refractivity contribution < 1.29 is 13.9 Å². The van der Waals surface area contributed by atoms with Crippen LogP contribution < -0.4 is 0 Å². The summed E-state index contributed by atoms with van der Waals surface area (Å²) in [5.41, 5.74) is 1.15. The topological polar surface area (TPSA) is 21.7 Å². The molecule has 1 aromatic rings. The summed E-state index contributed by atoms with van der Waals surface area (Å²) >= 11 is 0. The molecular weight excluding hydrogens is 233 g/mol. The van der Waals surface area contributed by atoms with Gasteiger partial charge in [-0.3, -0.25) is 4.90 Å². The first-order valence-electron chi connectivity index (χ1n) is 6.51. The number of nitrogens with zero attached hydrogens (tertiary/aromatic N) is 1. The highest BCUT2D eigenvalue weighted by Gasteiger charge is 2.39. The average molecular weight is 251 g/mol. The van der Waals surface area contributed by atoms with Crippen LogP contribution in [0.1, 0.15) is 18.4 Å². The molecule has 0 amide bonds. The Hall–Kier alpha value is -0.970. The zero-order valence-corrected chi connectivity index (χ0v) is 10.4. The third-order valence-electron chi connectivity index (χ3n) is 3.75. The van der Waals surface area contributed by atoms with E-state index >= 15 is 0 Å². The first-order valence-corrected chi connectivity index (χ1v) is 6.51. The Labute approximate surface area is 106 Å². The van der Waals surface area contributed by atoms with Gasteiger partial charge < -0.3 is 9.47 Å². The van der Waals surface area contributed by atoms with Crippen molar-refractivity contribution in [3.05, 3.63) is 35.6 Å². The number of hydrogen-bond donors (Lipinski definition) is 0. The van der Waals surface area contributed by atoms with Gasteiger partial charge in [-0.25, -0.2) is 4.39 Å². The van der Waals surface area contributed by atoms with Gasteiger partial charge in [-0.2, -0.15) is 0 Å². The van der Waals surface area contributed by atoms with Crippen molar-refractivity contribution in [1.29, 1.82) is 0 Å². The number of halogens is 1. The van der Waals surface area contributed by atoms with Gasteiger partial charge in [0.1, 0.15) is 5.82 Å². The molecule has 2 aliphatic heterocycles. The monoisotopic (exact) mass is 251 g/mol. The standard InChI is InChI=1S/C14H18FNO2/c15-13-3-1-12(2-4-13)11-16-7-5-14(6-8-16)17-9-10-18-14/h1-4H,5-11H2. The van der Waals surface area contributed by atoms with E-state index in [1.165, 1.54) is 12.1 Å². The summed E-state index contributed by atoms with van der Waals surface area (Å²) in [7, 11) is 0. The van der Waals surface area contributed by atoms with Crippen LogP contribution >= 0.6 is 0 Å². The molecule has 0 aliphatic carbocycles. The van der Waals surface area contributed by atoms with E-state index in [2.05, 4.69) is 4.90 Å². The molecule has 4 heteroatoms. The molecule has 0 atom stereocenters. The van der Waals surface area contributed by atoms with Crippen LogP contribution in [0.2, 0.25) is 0 Å². The predicted octanol–water partition coefficient (Wildman–Crippen LogP) is 2.16. The summed E-state index contributed by atoms with van der Waals surface area (Å²) in [4.78, 5) is 2.36. The molecule has 0 N–H and O–H groups in total. The van der Waals surface area contributed by atoms with Crippen molar-refractivity contribution in [3.63, 3.8) is 0 Å². The van der Waals surface area contributed by atoms with Gasteiger partial charge in [-0.15, -0.1) is 0 Å². The SMILES string of the molecule is Fc1ccc(CN2CCC3(CC2)OCCO3)cc1. The Morgan fingerprint density at radius 1 is 1.06 bits per heavy atom. The second-order valence-corrected chi connectivity index (χ2v) is 5.01. The number of hydrogen-bond acceptors (Lipinski definition) is 3. The van der Waals surface area contributed by atoms with Gasteiger partial charge in [0.15, 0.2) is 5.79 Å². The Balaban J connectivity index is 1.55. The smallest absolute Gasteiger partial charge is 0.170 e. The Kier molecular flexibility index (Phi) is 3.33. The van der Waals surface area contributed by atoms with E-state index in [1.54, 1.807) is 0 Å². The van der Waals surface area contributed by atoms with Crippen molar-refractivity contribution in [3.8, 4) is 0 Å². The molecule has 0 unspecified atom stereocenters. The third kappa shape index (κ3) is 2.55. The minimum Gasteiger partial charge on any atom is -0.347 e. The maximum absolute atomic E-state index is 12.8. The van der Waals surface area contributed by atoms with Crippen LogP contribution in [0.5, 0.6) is 0 Å². The lowest BCUT2D eigenvalue weighted by atomic mass is 10.0. The summed E-state index contributed by atoms with van der Waals surface area (Å²) < 4.78 is 24.2. The first-order chi connectivity index (χ1) is 8.76. The van der Waals surface area contributed by atoms with Gasteiger partial charge in [-0.1, -0.05) is 12.1 Å². The molecule has 0 aromatic heterocycles. The molecule has 0 radical (unpaired) electrons. The van der Waals surface area contributed by atoms with Crippen molar-refractivity contribution >= 4 is 0 Å². The zero-order valence-electron chi connectivity index (χ0n) is 10.4. The molecule has 2 saturated heterocycles. The highest BCUT2D eigenvalue weighted by molar-refractivity contribution is 5.16. The predicted molar refractivity (Wildman–Crippen MR) is 65.5 cm³/mol. The summed E-state index contributed by atoms with van der Waals surface area (Å²) in [5, 5.41) is 0. The van der Waals surface area contributed by atoms with Crippen LogP contribution in [0.3, 0.4) is 0 Å². The zero-order chi connectivity index (χ0) is 12.4. The number of likely N-dealkylation sites (tertiary alicyclic amines) is 1. The van der Waals surface area contributed by atoms with Crippen LogP contribution in [0.4, 0.5) is 4.39 Å². The fourth-order valence-electron chi connectivity index (χ4n) is 2.69. The average Bonchev–Trinajstić information content (AvgIpc) is 2.84. The van der Waals surface area contributed by atoms with Crippen LogP contribution in [-0.4, -0.2) is 37.0 Å². The molecule has 0 saturated carbocycles. The van der Waals surface area contributed by atoms with E-state index in [-0.39, 0.29) is 11.6 Å². The highest BCUT2D eigenvalue weighted by atomic mass is 19.1. The maximum Gasteiger partial charge on any atom is 0.170 e. The second-order valence-electron chi connectivity index (χ2n) is 5.01. The lowest BCUT2D eigenvalue weighted by Gasteiger charge is -2.37. The Morgan fingerprint density at radius 3 is 2.28 bits per heavy atom. The van der Waals surface area contributed by atoms with Crippen LogP contribution in [0, 0.1) is 5.82 Å². The van der Waals surface area contributed by atoms with E-state index in [0.717, 1.165) is 51.3 Å². The van der Waals surface area contributed by atoms with Gasteiger partial charge in [0.25, 0.3) is 0 Å². The molecule has 2 heterocycles. The quantitative estimate of drug-likeness (QED) is 0.804. The Morgan fingerprint density at radius 2 is 1.67 bits per heavy atom. The number of ether oxygens (including phenoxy) is 2. The molecule has 3 rings (SSSR count). The van der Waals surface area contributed by atoms with Gasteiger partial charge >= 0.3 is 0 Å². The van der Waals surface area contributed by atoms with Crippen molar-refractivity contribution in [2.45, 2.75) is 25.2 Å². The summed E-state index contributed by atoms with van der Waals surface area (Å²) in [6, 6.07) is 6.73. The Bertz CT molecular complexity index is 391. The molecule has 98 valence electrons. The highest BCUT2D eigenvalue weighted by Crippen LogP contribution is 2.31. The van der Waals surface area contributed by atoms with E-state index in [9.17, 15) is 4.39 Å². The molecule has 0 bridgehead atoms. The minimum atomic E-state index is -0.306. The van der Waals surface area contributed by atoms with Crippen molar-refractivity contribution in [2.75, 3.05) is 26.3 Å². The second kappa shape index (κ2) is 4.96. The lowest BCUT2D eigenvalue weighted by molar-refractivity contribution is -0.185. The molecule has 18 heavy (non-hydrogen) atoms. The lowest BCUT2D eigenvalue weighted by Crippen LogP contribution is -2.44. The van der Waals surface area contributed by atoms with Crippen molar-refractivity contribution in [1.82, 2.24) is 4.90 Å². The summed E-state index contributed by atoms with van der Waals surface area (Å²) in [6.45, 7) is 4.25. The number of benzene rings is 1. The van der Waals surface area contributed by atoms with Crippen LogP contribution in [0.25, 0.3) is 0 Å². The van der Waals surface area contributed by atoms with Crippen molar-refractivity contribution in [2.24, 2.45) is 0 Å². The number of rotatable bonds is 2. The summed E-state index contributed by atoms with van der Waals surface area (Å²) in [5.74, 6) is -0.483. The first kappa shape index (κ1) is 12.1. The molecule has 2 fully saturated rings. The summed E-state index contributed by atoms with van der Waals surface area (Å²) in [6.07, 6.45) is 1.85. The van der Waals surface area contributed by atoms with Gasteiger partial charge in [0.2, 0.25) is 0 Å². The van der Waals surface area contributed by atoms with Crippen LogP contribution in [-0.2, 0) is 16.0 Å². The molecular formula is C14H18FNO2. The third-order valence-corrected chi connectivity index (χ3v) is 3.75. The molecule has 3 nitrogen and oxygen atoms in total. The minimum absolute atomic E-state index is 0.177. The van der Waals surface area contributed by atoms with Gasteiger partial charge in [0.05, 0.1) is 13.2 Å². The number of piperidine rings is 1. The molecule has 2 aliphatic rings. The van der Waals surface area contributed by atoms with E-state index in [0.29, 0.717) is 0 Å². The van der Waals surface area contributed by atoms with E-state index in [1.807, 2.05) is 12.1 Å². The van der Waals surface area contributed by atoms with Gasteiger partial charge in [-0.05, 0) is 17.7 Å².